The monoisotopic (exact) mass is 328 g/mol. The van der Waals surface area contributed by atoms with E-state index in [1.165, 1.54) is 16.7 Å². The first-order valence-electron chi connectivity index (χ1n) is 6.54. The Bertz CT molecular complexity index is 651. The summed E-state index contributed by atoms with van der Waals surface area (Å²) in [6, 6.07) is 14.5. The van der Waals surface area contributed by atoms with Crippen molar-refractivity contribution < 1.29 is 0 Å². The molecule has 1 unspecified atom stereocenters. The molecule has 0 aliphatic rings. The normalized spacial score (nSPS) is 11.8. The predicted molar refractivity (Wildman–Crippen MR) is 86.8 cm³/mol. The van der Waals surface area contributed by atoms with Gasteiger partial charge in [-0.2, -0.15) is 5.26 Å². The fourth-order valence-corrected chi connectivity index (χ4v) is 2.67. The van der Waals surface area contributed by atoms with Gasteiger partial charge in [0, 0.05) is 10.5 Å². The molecule has 0 bridgehead atoms. The van der Waals surface area contributed by atoms with Crippen molar-refractivity contribution in [3.63, 3.8) is 0 Å². The van der Waals surface area contributed by atoms with Crippen molar-refractivity contribution in [3.8, 4) is 6.07 Å². The average Bonchev–Trinajstić information content (AvgIpc) is 2.37. The van der Waals surface area contributed by atoms with Crippen LogP contribution in [0.3, 0.4) is 0 Å². The van der Waals surface area contributed by atoms with Gasteiger partial charge >= 0.3 is 0 Å². The Hall–Kier alpha value is -1.79. The molecule has 1 atom stereocenters. The molecule has 2 nitrogen and oxygen atoms in total. The van der Waals surface area contributed by atoms with E-state index in [1.807, 2.05) is 18.2 Å². The Kier molecular flexibility index (Phi) is 4.46. The van der Waals surface area contributed by atoms with Gasteiger partial charge in [0.2, 0.25) is 0 Å². The summed E-state index contributed by atoms with van der Waals surface area (Å²) in [6.07, 6.45) is 0. The first kappa shape index (κ1) is 14.6. The molecule has 0 saturated heterocycles. The Morgan fingerprint density at radius 3 is 2.35 bits per heavy atom. The highest BCUT2D eigenvalue weighted by Gasteiger charge is 2.09. The molecule has 102 valence electrons. The summed E-state index contributed by atoms with van der Waals surface area (Å²) in [5.41, 5.74) is 5.25. The number of halogens is 1. The first-order valence-corrected chi connectivity index (χ1v) is 7.33. The molecule has 2 aromatic carbocycles. The van der Waals surface area contributed by atoms with Gasteiger partial charge in [-0.1, -0.05) is 45.3 Å². The Balaban J connectivity index is 2.30. The van der Waals surface area contributed by atoms with Crippen molar-refractivity contribution in [1.29, 1.82) is 5.26 Å². The summed E-state index contributed by atoms with van der Waals surface area (Å²) >= 11 is 3.45. The molecule has 0 aliphatic heterocycles. The SMILES string of the molecule is Cc1cc(C)cc(C(C)Nc2cc(Br)ccc2C#N)c1. The van der Waals surface area contributed by atoms with E-state index < -0.39 is 0 Å². The standard InChI is InChI=1S/C17H17BrN2/c1-11-6-12(2)8-15(7-11)13(3)20-17-9-16(18)5-4-14(17)10-19/h4-9,13,20H,1-3H3. The van der Waals surface area contributed by atoms with Crippen LogP contribution in [0.25, 0.3) is 0 Å². The van der Waals surface area contributed by atoms with E-state index in [0.29, 0.717) is 5.56 Å². The molecule has 2 aromatic rings. The molecule has 2 rings (SSSR count). The van der Waals surface area contributed by atoms with E-state index in [9.17, 15) is 5.26 Å². The first-order chi connectivity index (χ1) is 9.49. The van der Waals surface area contributed by atoms with Gasteiger partial charge in [-0.25, -0.2) is 0 Å². The quantitative estimate of drug-likeness (QED) is 0.849. The average molecular weight is 329 g/mol. The van der Waals surface area contributed by atoms with Crippen LogP contribution in [0.2, 0.25) is 0 Å². The number of anilines is 1. The molecule has 1 N–H and O–H groups in total. The topological polar surface area (TPSA) is 35.8 Å². The third-order valence-electron chi connectivity index (χ3n) is 3.22. The van der Waals surface area contributed by atoms with E-state index >= 15 is 0 Å². The van der Waals surface area contributed by atoms with Gasteiger partial charge in [0.15, 0.2) is 0 Å². The van der Waals surface area contributed by atoms with Gasteiger partial charge in [0.05, 0.1) is 11.3 Å². The highest BCUT2D eigenvalue weighted by atomic mass is 79.9. The van der Waals surface area contributed by atoms with Gasteiger partial charge in [-0.05, 0) is 44.5 Å². The lowest BCUT2D eigenvalue weighted by Gasteiger charge is -2.18. The van der Waals surface area contributed by atoms with Gasteiger partial charge in [0.25, 0.3) is 0 Å². The summed E-state index contributed by atoms with van der Waals surface area (Å²) in [7, 11) is 0. The molecule has 0 radical (unpaired) electrons. The van der Waals surface area contributed by atoms with Gasteiger partial charge in [-0.3, -0.25) is 0 Å². The summed E-state index contributed by atoms with van der Waals surface area (Å²) < 4.78 is 0.964. The minimum atomic E-state index is 0.148. The third-order valence-corrected chi connectivity index (χ3v) is 3.71. The fraction of sp³-hybridized carbons (Fsp3) is 0.235. The second kappa shape index (κ2) is 6.11. The van der Waals surface area contributed by atoms with Crippen LogP contribution in [0.5, 0.6) is 0 Å². The zero-order chi connectivity index (χ0) is 14.7. The minimum absolute atomic E-state index is 0.148. The molecule has 0 heterocycles. The summed E-state index contributed by atoms with van der Waals surface area (Å²) in [6.45, 7) is 6.31. The van der Waals surface area contributed by atoms with Crippen LogP contribution >= 0.6 is 15.9 Å². The number of rotatable bonds is 3. The number of nitrogens with one attached hydrogen (secondary N) is 1. The third kappa shape index (κ3) is 3.40. The second-order valence-electron chi connectivity index (χ2n) is 5.09. The lowest BCUT2D eigenvalue weighted by molar-refractivity contribution is 0.879. The van der Waals surface area contributed by atoms with Gasteiger partial charge in [0.1, 0.15) is 6.07 Å². The summed E-state index contributed by atoms with van der Waals surface area (Å²) in [5, 5.41) is 12.6. The maximum Gasteiger partial charge on any atom is 0.101 e. The van der Waals surface area contributed by atoms with Crippen molar-refractivity contribution in [2.24, 2.45) is 0 Å². The molecule has 3 heteroatoms. The van der Waals surface area contributed by atoms with Crippen LogP contribution in [-0.4, -0.2) is 0 Å². The zero-order valence-electron chi connectivity index (χ0n) is 11.9. The van der Waals surface area contributed by atoms with Crippen molar-refractivity contribution in [1.82, 2.24) is 0 Å². The zero-order valence-corrected chi connectivity index (χ0v) is 13.5. The van der Waals surface area contributed by atoms with E-state index in [0.717, 1.165) is 10.2 Å². The van der Waals surface area contributed by atoms with Crippen molar-refractivity contribution in [2.75, 3.05) is 5.32 Å². The van der Waals surface area contributed by atoms with Crippen LogP contribution < -0.4 is 5.32 Å². The number of nitrogens with zero attached hydrogens (tertiary/aromatic N) is 1. The molecule has 0 aliphatic carbocycles. The van der Waals surface area contributed by atoms with Crippen molar-refractivity contribution in [3.05, 3.63) is 63.1 Å². The second-order valence-corrected chi connectivity index (χ2v) is 6.00. The van der Waals surface area contributed by atoms with Crippen molar-refractivity contribution >= 4 is 21.6 Å². The molecule has 0 saturated carbocycles. The van der Waals surface area contributed by atoms with Crippen LogP contribution in [-0.2, 0) is 0 Å². The van der Waals surface area contributed by atoms with Gasteiger partial charge < -0.3 is 5.32 Å². The largest absolute Gasteiger partial charge is 0.377 e. The smallest absolute Gasteiger partial charge is 0.101 e. The number of benzene rings is 2. The van der Waals surface area contributed by atoms with Gasteiger partial charge in [-0.15, -0.1) is 0 Å². The number of nitriles is 1. The highest BCUT2D eigenvalue weighted by molar-refractivity contribution is 9.10. The Labute approximate surface area is 128 Å². The molecular weight excluding hydrogens is 312 g/mol. The molecule has 0 amide bonds. The molecular formula is C17H17BrN2. The highest BCUT2D eigenvalue weighted by Crippen LogP contribution is 2.26. The number of hydrogen-bond acceptors (Lipinski definition) is 2. The van der Waals surface area contributed by atoms with E-state index in [-0.39, 0.29) is 6.04 Å². The predicted octanol–water partition coefficient (Wildman–Crippen LogP) is 5.11. The van der Waals surface area contributed by atoms with Crippen LogP contribution in [0.4, 0.5) is 5.69 Å². The van der Waals surface area contributed by atoms with Crippen molar-refractivity contribution in [2.45, 2.75) is 26.8 Å². The Morgan fingerprint density at radius 1 is 1.10 bits per heavy atom. The number of aryl methyl sites for hydroxylation is 2. The van der Waals surface area contributed by atoms with Crippen LogP contribution in [0, 0.1) is 25.2 Å². The fourth-order valence-electron chi connectivity index (χ4n) is 2.31. The lowest BCUT2D eigenvalue weighted by Crippen LogP contribution is -2.08. The summed E-state index contributed by atoms with van der Waals surface area (Å²) in [4.78, 5) is 0. The van der Waals surface area contributed by atoms with E-state index in [2.05, 4.69) is 66.3 Å². The van der Waals surface area contributed by atoms with Crippen LogP contribution in [0.1, 0.15) is 35.2 Å². The summed E-state index contributed by atoms with van der Waals surface area (Å²) in [5.74, 6) is 0. The maximum atomic E-state index is 9.18. The Morgan fingerprint density at radius 2 is 1.75 bits per heavy atom. The number of hydrogen-bond donors (Lipinski definition) is 1. The molecule has 0 aromatic heterocycles. The maximum absolute atomic E-state index is 9.18. The van der Waals surface area contributed by atoms with E-state index in [1.54, 1.807) is 0 Å². The lowest BCUT2D eigenvalue weighted by atomic mass is 10.0. The minimum Gasteiger partial charge on any atom is -0.377 e. The molecule has 0 spiro atoms. The molecule has 0 fully saturated rings. The van der Waals surface area contributed by atoms with E-state index in [4.69, 9.17) is 0 Å². The van der Waals surface area contributed by atoms with Crippen LogP contribution in [0.15, 0.2) is 40.9 Å². The molecule has 20 heavy (non-hydrogen) atoms.